The molecule has 1 aliphatic rings. The summed E-state index contributed by atoms with van der Waals surface area (Å²) in [6, 6.07) is -0.284. The molecule has 1 fully saturated rings. The van der Waals surface area contributed by atoms with Crippen molar-refractivity contribution in [1.29, 1.82) is 0 Å². The second-order valence-corrected chi connectivity index (χ2v) is 6.95. The molecule has 1 saturated carbocycles. The second kappa shape index (κ2) is 9.34. The van der Waals surface area contributed by atoms with Crippen molar-refractivity contribution >= 4 is 12.0 Å². The van der Waals surface area contributed by atoms with E-state index in [1.807, 2.05) is 6.92 Å². The van der Waals surface area contributed by atoms with Gasteiger partial charge in [0.2, 0.25) is 11.7 Å². The third kappa shape index (κ3) is 5.30. The van der Waals surface area contributed by atoms with Crippen molar-refractivity contribution in [3.8, 4) is 11.4 Å². The molecule has 2 amide bonds. The van der Waals surface area contributed by atoms with E-state index in [0.29, 0.717) is 30.8 Å². The molecular formula is C18H26N6O4. The van der Waals surface area contributed by atoms with E-state index in [1.54, 1.807) is 24.1 Å². The van der Waals surface area contributed by atoms with Crippen LogP contribution in [0.5, 0.6) is 0 Å². The van der Waals surface area contributed by atoms with Gasteiger partial charge in [0, 0.05) is 19.8 Å². The van der Waals surface area contributed by atoms with Crippen LogP contribution in [0.1, 0.15) is 38.5 Å². The average molecular weight is 390 g/mol. The van der Waals surface area contributed by atoms with Crippen LogP contribution in [-0.4, -0.2) is 45.1 Å². The number of carbonyl (C=O) groups excluding carboxylic acids is 2. The predicted octanol–water partition coefficient (Wildman–Crippen LogP) is 1.64. The lowest BCUT2D eigenvalue weighted by molar-refractivity contribution is -0.149. The monoisotopic (exact) mass is 390 g/mol. The van der Waals surface area contributed by atoms with Gasteiger partial charge in [0.25, 0.3) is 0 Å². The lowest BCUT2D eigenvalue weighted by Gasteiger charge is -2.27. The van der Waals surface area contributed by atoms with Gasteiger partial charge in [-0.2, -0.15) is 10.1 Å². The highest BCUT2D eigenvalue weighted by Crippen LogP contribution is 2.29. The molecule has 0 saturated heterocycles. The van der Waals surface area contributed by atoms with E-state index in [2.05, 4.69) is 25.9 Å². The number of aryl methyl sites for hydroxylation is 1. The molecule has 10 heteroatoms. The Morgan fingerprint density at radius 1 is 1.29 bits per heavy atom. The zero-order valence-corrected chi connectivity index (χ0v) is 16.2. The van der Waals surface area contributed by atoms with Crippen LogP contribution in [0.3, 0.4) is 0 Å². The predicted molar refractivity (Wildman–Crippen MR) is 98.8 cm³/mol. The number of urea groups is 1. The van der Waals surface area contributed by atoms with Gasteiger partial charge in [-0.3, -0.25) is 9.48 Å². The van der Waals surface area contributed by atoms with Crippen molar-refractivity contribution in [3.63, 3.8) is 0 Å². The number of hydrogen-bond acceptors (Lipinski definition) is 7. The van der Waals surface area contributed by atoms with Crippen LogP contribution in [0, 0.1) is 11.8 Å². The molecule has 2 aromatic rings. The Balaban J connectivity index is 1.35. The summed E-state index contributed by atoms with van der Waals surface area (Å²) < 4.78 is 11.9. The molecule has 0 atom stereocenters. The number of aromatic nitrogens is 4. The van der Waals surface area contributed by atoms with Gasteiger partial charge in [0.15, 0.2) is 0 Å². The molecule has 0 spiro atoms. The summed E-state index contributed by atoms with van der Waals surface area (Å²) in [6.45, 7) is 2.96. The molecule has 2 heterocycles. The van der Waals surface area contributed by atoms with Crippen LogP contribution in [-0.2, 0) is 23.1 Å². The molecular weight excluding hydrogens is 364 g/mol. The minimum atomic E-state index is -0.284. The largest absolute Gasteiger partial charge is 0.466 e. The third-order valence-corrected chi connectivity index (χ3v) is 4.85. The molecule has 0 aliphatic heterocycles. The highest BCUT2D eigenvalue weighted by molar-refractivity contribution is 5.74. The number of esters is 1. The summed E-state index contributed by atoms with van der Waals surface area (Å²) in [7, 11) is 1.81. The van der Waals surface area contributed by atoms with E-state index in [1.165, 1.54) is 0 Å². The number of amides is 2. The van der Waals surface area contributed by atoms with Crippen LogP contribution in [0.25, 0.3) is 11.4 Å². The zero-order chi connectivity index (χ0) is 19.9. The number of carbonyl (C=O) groups is 2. The number of nitrogens with one attached hydrogen (secondary N) is 2. The van der Waals surface area contributed by atoms with E-state index in [0.717, 1.165) is 31.2 Å². The molecule has 3 rings (SSSR count). The summed E-state index contributed by atoms with van der Waals surface area (Å²) in [6.07, 6.45) is 6.86. The molecule has 0 bridgehead atoms. The summed E-state index contributed by atoms with van der Waals surface area (Å²) in [5, 5.41) is 13.5. The molecule has 1 aliphatic carbocycles. The van der Waals surface area contributed by atoms with Gasteiger partial charge < -0.3 is 19.9 Å². The Morgan fingerprint density at radius 2 is 2.07 bits per heavy atom. The molecule has 152 valence electrons. The lowest BCUT2D eigenvalue weighted by atomic mass is 9.82. The Labute approximate surface area is 163 Å². The first-order valence-electron chi connectivity index (χ1n) is 9.55. The number of nitrogens with zero attached hydrogens (tertiary/aromatic N) is 4. The lowest BCUT2D eigenvalue weighted by Crippen LogP contribution is -2.39. The van der Waals surface area contributed by atoms with Gasteiger partial charge in [-0.25, -0.2) is 4.79 Å². The van der Waals surface area contributed by atoms with E-state index in [4.69, 9.17) is 9.26 Å². The highest BCUT2D eigenvalue weighted by Gasteiger charge is 2.27. The fourth-order valence-corrected chi connectivity index (χ4v) is 3.30. The molecule has 28 heavy (non-hydrogen) atoms. The standard InChI is InChI=1S/C18H26N6O4/c1-3-27-17(25)13-6-4-12(5-7-13)8-19-18(26)20-10-15-22-16(23-28-15)14-9-21-24(2)11-14/h9,11-13H,3-8,10H2,1-2H3,(H2,19,20,26). The first-order valence-corrected chi connectivity index (χ1v) is 9.55. The summed E-state index contributed by atoms with van der Waals surface area (Å²) in [4.78, 5) is 28.0. The molecule has 10 nitrogen and oxygen atoms in total. The van der Waals surface area contributed by atoms with Gasteiger partial charge in [0.05, 0.1) is 30.8 Å². The normalized spacial score (nSPS) is 19.2. The smallest absolute Gasteiger partial charge is 0.315 e. The summed E-state index contributed by atoms with van der Waals surface area (Å²) in [5.41, 5.74) is 0.750. The maximum atomic E-state index is 12.0. The van der Waals surface area contributed by atoms with Crippen molar-refractivity contribution in [1.82, 2.24) is 30.6 Å². The van der Waals surface area contributed by atoms with E-state index >= 15 is 0 Å². The van der Waals surface area contributed by atoms with E-state index in [9.17, 15) is 9.59 Å². The van der Waals surface area contributed by atoms with E-state index < -0.39 is 0 Å². The second-order valence-electron chi connectivity index (χ2n) is 6.95. The quantitative estimate of drug-likeness (QED) is 0.689. The highest BCUT2D eigenvalue weighted by atomic mass is 16.5. The zero-order valence-electron chi connectivity index (χ0n) is 16.2. The van der Waals surface area contributed by atoms with Gasteiger partial charge in [-0.15, -0.1) is 0 Å². The minimum absolute atomic E-state index is 0.00318. The SMILES string of the molecule is CCOC(=O)C1CCC(CNC(=O)NCc2nc(-c3cnn(C)c3)no2)CC1. The minimum Gasteiger partial charge on any atom is -0.466 e. The van der Waals surface area contributed by atoms with Crippen LogP contribution < -0.4 is 10.6 Å². The molecule has 0 radical (unpaired) electrons. The van der Waals surface area contributed by atoms with Crippen molar-refractivity contribution in [2.75, 3.05) is 13.2 Å². The van der Waals surface area contributed by atoms with Crippen molar-refractivity contribution in [2.24, 2.45) is 18.9 Å². The topological polar surface area (TPSA) is 124 Å². The van der Waals surface area contributed by atoms with Crippen molar-refractivity contribution < 1.29 is 18.8 Å². The van der Waals surface area contributed by atoms with Crippen LogP contribution in [0.4, 0.5) is 4.79 Å². The first kappa shape index (κ1) is 19.8. The molecule has 0 unspecified atom stereocenters. The van der Waals surface area contributed by atoms with Gasteiger partial charge >= 0.3 is 12.0 Å². The Bertz CT molecular complexity index is 794. The molecule has 0 aromatic carbocycles. The number of hydrogen-bond donors (Lipinski definition) is 2. The first-order chi connectivity index (χ1) is 13.5. The van der Waals surface area contributed by atoms with Crippen LogP contribution >= 0.6 is 0 Å². The fourth-order valence-electron chi connectivity index (χ4n) is 3.30. The Hall–Kier alpha value is -2.91. The average Bonchev–Trinajstić information content (AvgIpc) is 3.34. The molecule has 2 N–H and O–H groups in total. The fraction of sp³-hybridized carbons (Fsp3) is 0.611. The van der Waals surface area contributed by atoms with Gasteiger partial charge in [-0.1, -0.05) is 5.16 Å². The van der Waals surface area contributed by atoms with Crippen LogP contribution in [0.15, 0.2) is 16.9 Å². The Morgan fingerprint density at radius 3 is 2.75 bits per heavy atom. The van der Waals surface area contributed by atoms with Crippen molar-refractivity contribution in [2.45, 2.75) is 39.2 Å². The van der Waals surface area contributed by atoms with Crippen molar-refractivity contribution in [3.05, 3.63) is 18.3 Å². The molecule has 2 aromatic heterocycles. The van der Waals surface area contributed by atoms with Crippen LogP contribution in [0.2, 0.25) is 0 Å². The third-order valence-electron chi connectivity index (χ3n) is 4.85. The summed E-state index contributed by atoms with van der Waals surface area (Å²) in [5.74, 6) is 1.03. The number of ether oxygens (including phenoxy) is 1. The van der Waals surface area contributed by atoms with E-state index in [-0.39, 0.29) is 24.5 Å². The number of rotatable bonds is 7. The van der Waals surface area contributed by atoms with Gasteiger partial charge in [-0.05, 0) is 38.5 Å². The summed E-state index contributed by atoms with van der Waals surface area (Å²) >= 11 is 0. The maximum absolute atomic E-state index is 12.0. The Kier molecular flexibility index (Phi) is 6.62. The van der Waals surface area contributed by atoms with Gasteiger partial charge in [0.1, 0.15) is 0 Å². The maximum Gasteiger partial charge on any atom is 0.315 e.